The van der Waals surface area contributed by atoms with E-state index in [1.165, 1.54) is 0 Å². The number of hydrogen-bond donors (Lipinski definition) is 1. The van der Waals surface area contributed by atoms with Crippen LogP contribution in [0, 0.1) is 13.8 Å². The smallest absolute Gasteiger partial charge is 0.262 e. The van der Waals surface area contributed by atoms with Crippen LogP contribution in [0.3, 0.4) is 0 Å². The second-order valence-corrected chi connectivity index (χ2v) is 8.39. The number of nitrogens with one attached hydrogen (secondary N) is 1. The van der Waals surface area contributed by atoms with E-state index in [0.29, 0.717) is 30.0 Å². The molecule has 0 spiro atoms. The molecule has 0 aliphatic carbocycles. The van der Waals surface area contributed by atoms with E-state index in [1.54, 1.807) is 55.3 Å². The number of piperidine rings is 1. The van der Waals surface area contributed by atoms with Crippen LogP contribution in [-0.2, 0) is 14.8 Å². The van der Waals surface area contributed by atoms with Crippen LogP contribution in [0.15, 0.2) is 41.3 Å². The van der Waals surface area contributed by atoms with Crippen LogP contribution in [-0.4, -0.2) is 28.0 Å². The highest BCUT2D eigenvalue weighted by atomic mass is 32.2. The number of ether oxygens (including phenoxy) is 1. The molecule has 0 radical (unpaired) electrons. The molecule has 144 valence electrons. The topological polar surface area (TPSA) is 75.7 Å². The molecule has 1 aliphatic rings. The van der Waals surface area contributed by atoms with Gasteiger partial charge in [0, 0.05) is 24.3 Å². The Kier molecular flexibility index (Phi) is 5.41. The minimum absolute atomic E-state index is 0.110. The van der Waals surface area contributed by atoms with Gasteiger partial charge in [-0.1, -0.05) is 0 Å². The monoisotopic (exact) mass is 388 g/mol. The van der Waals surface area contributed by atoms with Gasteiger partial charge in [-0.3, -0.25) is 9.52 Å². The summed E-state index contributed by atoms with van der Waals surface area (Å²) in [5, 5.41) is 0. The fourth-order valence-electron chi connectivity index (χ4n) is 3.27. The summed E-state index contributed by atoms with van der Waals surface area (Å²) < 4.78 is 33.4. The Morgan fingerprint density at radius 2 is 1.74 bits per heavy atom. The lowest BCUT2D eigenvalue weighted by atomic mass is 10.1. The first kappa shape index (κ1) is 19.2. The highest BCUT2D eigenvalue weighted by molar-refractivity contribution is 7.92. The molecule has 0 atom stereocenters. The maximum Gasteiger partial charge on any atom is 0.262 e. The molecule has 0 saturated carbocycles. The number of carbonyl (C=O) groups excluding carboxylic acids is 1. The minimum atomic E-state index is -3.73. The summed E-state index contributed by atoms with van der Waals surface area (Å²) in [5.74, 6) is 0.765. The van der Waals surface area contributed by atoms with Gasteiger partial charge in [-0.15, -0.1) is 0 Å². The number of benzene rings is 2. The largest absolute Gasteiger partial charge is 0.496 e. The SMILES string of the molecule is COc1cc(C)c(S(=O)(=O)Nc2ccc(N3CCCCC3=O)cc2)cc1C. The van der Waals surface area contributed by atoms with Crippen molar-refractivity contribution in [3.8, 4) is 5.75 Å². The predicted octanol–water partition coefficient (Wildman–Crippen LogP) is 3.63. The summed E-state index contributed by atoms with van der Waals surface area (Å²) in [6, 6.07) is 10.2. The molecular weight excluding hydrogens is 364 g/mol. The van der Waals surface area contributed by atoms with E-state index in [9.17, 15) is 13.2 Å². The second kappa shape index (κ2) is 7.60. The van der Waals surface area contributed by atoms with Crippen molar-refractivity contribution in [1.82, 2.24) is 0 Å². The molecule has 6 nitrogen and oxygen atoms in total. The fourth-order valence-corrected chi connectivity index (χ4v) is 4.64. The summed E-state index contributed by atoms with van der Waals surface area (Å²) >= 11 is 0. The lowest BCUT2D eigenvalue weighted by Crippen LogP contribution is -2.35. The van der Waals surface area contributed by atoms with Crippen LogP contribution >= 0.6 is 0 Å². The third kappa shape index (κ3) is 4.08. The third-order valence-corrected chi connectivity index (χ3v) is 6.26. The lowest BCUT2D eigenvalue weighted by Gasteiger charge is -2.26. The minimum Gasteiger partial charge on any atom is -0.496 e. The molecule has 0 aromatic heterocycles. The maximum atomic E-state index is 12.8. The average molecular weight is 388 g/mol. The molecule has 2 aromatic carbocycles. The molecule has 2 aromatic rings. The van der Waals surface area contributed by atoms with Gasteiger partial charge in [0.1, 0.15) is 5.75 Å². The predicted molar refractivity (Wildman–Crippen MR) is 106 cm³/mol. The van der Waals surface area contributed by atoms with Crippen molar-refractivity contribution in [2.45, 2.75) is 38.0 Å². The zero-order valence-corrected chi connectivity index (χ0v) is 16.6. The zero-order valence-electron chi connectivity index (χ0n) is 15.8. The Labute approximate surface area is 160 Å². The van der Waals surface area contributed by atoms with Crippen molar-refractivity contribution in [3.05, 3.63) is 47.5 Å². The van der Waals surface area contributed by atoms with Gasteiger partial charge in [0.05, 0.1) is 12.0 Å². The van der Waals surface area contributed by atoms with Gasteiger partial charge in [-0.25, -0.2) is 8.42 Å². The molecule has 0 unspecified atom stereocenters. The summed E-state index contributed by atoms with van der Waals surface area (Å²) in [7, 11) is -2.17. The fraction of sp³-hybridized carbons (Fsp3) is 0.350. The maximum absolute atomic E-state index is 12.8. The van der Waals surface area contributed by atoms with E-state index in [1.807, 2.05) is 6.92 Å². The normalized spacial score (nSPS) is 14.9. The van der Waals surface area contributed by atoms with Gasteiger partial charge in [-0.2, -0.15) is 0 Å². The second-order valence-electron chi connectivity index (χ2n) is 6.74. The van der Waals surface area contributed by atoms with Gasteiger partial charge >= 0.3 is 0 Å². The third-order valence-electron chi connectivity index (χ3n) is 4.74. The summed E-state index contributed by atoms with van der Waals surface area (Å²) in [6.07, 6.45) is 2.47. The molecule has 0 bridgehead atoms. The van der Waals surface area contributed by atoms with Crippen molar-refractivity contribution in [2.75, 3.05) is 23.3 Å². The van der Waals surface area contributed by atoms with Gasteiger partial charge < -0.3 is 9.64 Å². The molecule has 1 aliphatic heterocycles. The number of anilines is 2. The van der Waals surface area contributed by atoms with Gasteiger partial charge in [0.2, 0.25) is 5.91 Å². The average Bonchev–Trinajstić information content (AvgIpc) is 2.64. The summed E-state index contributed by atoms with van der Waals surface area (Å²) in [4.78, 5) is 14.0. The van der Waals surface area contributed by atoms with Crippen molar-refractivity contribution >= 4 is 27.3 Å². The number of sulfonamides is 1. The molecule has 1 saturated heterocycles. The van der Waals surface area contributed by atoms with Crippen LogP contribution in [0.25, 0.3) is 0 Å². The Bertz CT molecular complexity index is 953. The molecule has 1 amide bonds. The highest BCUT2D eigenvalue weighted by Gasteiger charge is 2.21. The van der Waals surface area contributed by atoms with Crippen LogP contribution in [0.2, 0.25) is 0 Å². The number of carbonyl (C=O) groups is 1. The van der Waals surface area contributed by atoms with Crippen molar-refractivity contribution in [1.29, 1.82) is 0 Å². The van der Waals surface area contributed by atoms with Crippen molar-refractivity contribution in [2.24, 2.45) is 0 Å². The molecule has 3 rings (SSSR count). The lowest BCUT2D eigenvalue weighted by molar-refractivity contribution is -0.119. The summed E-state index contributed by atoms with van der Waals surface area (Å²) in [6.45, 7) is 4.25. The first-order valence-electron chi connectivity index (χ1n) is 8.90. The molecule has 1 N–H and O–H groups in total. The van der Waals surface area contributed by atoms with E-state index in [2.05, 4.69) is 4.72 Å². The van der Waals surface area contributed by atoms with Crippen molar-refractivity contribution in [3.63, 3.8) is 0 Å². The van der Waals surface area contributed by atoms with E-state index < -0.39 is 10.0 Å². The van der Waals surface area contributed by atoms with Gasteiger partial charge in [0.15, 0.2) is 0 Å². The van der Waals surface area contributed by atoms with Crippen molar-refractivity contribution < 1.29 is 17.9 Å². The van der Waals surface area contributed by atoms with Crippen LogP contribution < -0.4 is 14.4 Å². The zero-order chi connectivity index (χ0) is 19.6. The number of hydrogen-bond acceptors (Lipinski definition) is 4. The first-order chi connectivity index (χ1) is 12.8. The Morgan fingerprint density at radius 1 is 1.04 bits per heavy atom. The standard InChI is InChI=1S/C20H24N2O4S/c1-14-13-19(15(2)12-18(14)26-3)27(24,25)21-16-7-9-17(10-8-16)22-11-5-4-6-20(22)23/h7-10,12-13,21H,4-6,11H2,1-3H3. The number of amides is 1. The Balaban J connectivity index is 1.82. The van der Waals surface area contributed by atoms with Crippen LogP contribution in [0.1, 0.15) is 30.4 Å². The van der Waals surface area contributed by atoms with E-state index in [0.717, 1.165) is 24.1 Å². The highest BCUT2D eigenvalue weighted by Crippen LogP contribution is 2.28. The number of methoxy groups -OCH3 is 1. The first-order valence-corrected chi connectivity index (χ1v) is 10.4. The van der Waals surface area contributed by atoms with E-state index in [-0.39, 0.29) is 10.8 Å². The summed E-state index contributed by atoms with van der Waals surface area (Å²) in [5.41, 5.74) is 2.61. The Morgan fingerprint density at radius 3 is 2.37 bits per heavy atom. The van der Waals surface area contributed by atoms with Crippen LogP contribution in [0.4, 0.5) is 11.4 Å². The Hall–Kier alpha value is -2.54. The number of nitrogens with zero attached hydrogens (tertiary/aromatic N) is 1. The van der Waals surface area contributed by atoms with E-state index >= 15 is 0 Å². The van der Waals surface area contributed by atoms with E-state index in [4.69, 9.17) is 4.74 Å². The molecule has 27 heavy (non-hydrogen) atoms. The quantitative estimate of drug-likeness (QED) is 0.849. The molecule has 7 heteroatoms. The number of aryl methyl sites for hydroxylation is 2. The van der Waals surface area contributed by atoms with Gasteiger partial charge in [-0.05, 0) is 74.2 Å². The number of rotatable bonds is 5. The molecule has 1 fully saturated rings. The molecular formula is C20H24N2O4S. The van der Waals surface area contributed by atoms with Gasteiger partial charge in [0.25, 0.3) is 10.0 Å². The van der Waals surface area contributed by atoms with Crippen LogP contribution in [0.5, 0.6) is 5.75 Å². The molecule has 1 heterocycles.